The van der Waals surface area contributed by atoms with E-state index in [-0.39, 0.29) is 25.5 Å². The topological polar surface area (TPSA) is 102 Å². The highest BCUT2D eigenvalue weighted by molar-refractivity contribution is 5.79. The van der Waals surface area contributed by atoms with Gasteiger partial charge in [0.25, 0.3) is 0 Å². The SMILES string of the molecule is NC(CC#CCNC(=O)OCC1c2ccccc2-c2ccccc21)C(=O)O. The van der Waals surface area contributed by atoms with Gasteiger partial charge in [0.1, 0.15) is 12.6 Å². The summed E-state index contributed by atoms with van der Waals surface area (Å²) in [4.78, 5) is 22.5. The summed E-state index contributed by atoms with van der Waals surface area (Å²) in [6.45, 7) is 0.306. The first-order chi connectivity index (χ1) is 13.1. The molecule has 27 heavy (non-hydrogen) atoms. The van der Waals surface area contributed by atoms with Gasteiger partial charge in [-0.25, -0.2) is 4.79 Å². The van der Waals surface area contributed by atoms with Gasteiger partial charge in [0.15, 0.2) is 0 Å². The number of benzene rings is 2. The highest BCUT2D eigenvalue weighted by atomic mass is 16.5. The summed E-state index contributed by atoms with van der Waals surface area (Å²) >= 11 is 0. The maximum Gasteiger partial charge on any atom is 0.407 e. The minimum Gasteiger partial charge on any atom is -0.480 e. The van der Waals surface area contributed by atoms with Gasteiger partial charge in [-0.1, -0.05) is 60.4 Å². The third kappa shape index (κ3) is 4.27. The van der Waals surface area contributed by atoms with Crippen molar-refractivity contribution in [2.75, 3.05) is 13.2 Å². The van der Waals surface area contributed by atoms with Gasteiger partial charge >= 0.3 is 12.1 Å². The highest BCUT2D eigenvalue weighted by Crippen LogP contribution is 2.44. The lowest BCUT2D eigenvalue weighted by molar-refractivity contribution is -0.138. The molecule has 1 amide bonds. The van der Waals surface area contributed by atoms with E-state index in [0.717, 1.165) is 11.1 Å². The molecule has 0 aromatic heterocycles. The molecule has 0 aliphatic heterocycles. The number of carboxylic acid groups (broad SMARTS) is 1. The fourth-order valence-corrected chi connectivity index (χ4v) is 3.10. The Balaban J connectivity index is 1.54. The normalized spacial score (nSPS) is 12.9. The smallest absolute Gasteiger partial charge is 0.407 e. The van der Waals surface area contributed by atoms with Crippen LogP contribution in [0.15, 0.2) is 48.5 Å². The molecule has 6 heteroatoms. The summed E-state index contributed by atoms with van der Waals surface area (Å²) in [6.07, 6.45) is -0.532. The first-order valence-corrected chi connectivity index (χ1v) is 8.61. The molecule has 1 aliphatic carbocycles. The molecule has 4 N–H and O–H groups in total. The van der Waals surface area contributed by atoms with Crippen LogP contribution in [0.2, 0.25) is 0 Å². The molecule has 0 spiro atoms. The van der Waals surface area contributed by atoms with Crippen molar-refractivity contribution in [2.45, 2.75) is 18.4 Å². The Labute approximate surface area is 157 Å². The van der Waals surface area contributed by atoms with Gasteiger partial charge in [0.2, 0.25) is 0 Å². The first kappa shape index (κ1) is 18.5. The van der Waals surface area contributed by atoms with Crippen LogP contribution in [0.4, 0.5) is 4.79 Å². The second-order valence-corrected chi connectivity index (χ2v) is 6.18. The van der Waals surface area contributed by atoms with Crippen molar-refractivity contribution in [3.05, 3.63) is 59.7 Å². The summed E-state index contributed by atoms with van der Waals surface area (Å²) in [5, 5.41) is 11.2. The molecule has 138 valence electrons. The van der Waals surface area contributed by atoms with E-state index in [2.05, 4.69) is 41.4 Å². The van der Waals surface area contributed by atoms with Crippen LogP contribution in [0.3, 0.4) is 0 Å². The Kier molecular flexibility index (Phi) is 5.74. The van der Waals surface area contributed by atoms with Crippen molar-refractivity contribution < 1.29 is 19.4 Å². The highest BCUT2D eigenvalue weighted by Gasteiger charge is 2.28. The number of alkyl carbamates (subject to hydrolysis) is 1. The van der Waals surface area contributed by atoms with Gasteiger partial charge in [-0.2, -0.15) is 0 Å². The van der Waals surface area contributed by atoms with Gasteiger partial charge in [0, 0.05) is 12.3 Å². The number of amides is 1. The third-order valence-electron chi connectivity index (χ3n) is 4.43. The third-order valence-corrected chi connectivity index (χ3v) is 4.43. The van der Waals surface area contributed by atoms with Gasteiger partial charge < -0.3 is 20.9 Å². The van der Waals surface area contributed by atoms with Crippen LogP contribution >= 0.6 is 0 Å². The van der Waals surface area contributed by atoms with E-state index in [1.54, 1.807) is 0 Å². The van der Waals surface area contributed by atoms with E-state index in [4.69, 9.17) is 15.6 Å². The van der Waals surface area contributed by atoms with E-state index < -0.39 is 18.1 Å². The van der Waals surface area contributed by atoms with Crippen LogP contribution in [0.1, 0.15) is 23.5 Å². The number of nitrogens with two attached hydrogens (primary N) is 1. The molecule has 0 fully saturated rings. The molecule has 1 atom stereocenters. The number of rotatable bonds is 5. The molecule has 0 saturated carbocycles. The Morgan fingerprint density at radius 3 is 2.26 bits per heavy atom. The number of hydrogen-bond donors (Lipinski definition) is 3. The summed E-state index contributed by atoms with van der Waals surface area (Å²) in [7, 11) is 0. The predicted octanol–water partition coefficient (Wildman–Crippen LogP) is 2.33. The molecule has 1 unspecified atom stereocenters. The van der Waals surface area contributed by atoms with Crippen LogP contribution in [0.5, 0.6) is 0 Å². The Bertz CT molecular complexity index is 868. The van der Waals surface area contributed by atoms with Crippen molar-refractivity contribution in [3.63, 3.8) is 0 Å². The molecule has 6 nitrogen and oxygen atoms in total. The van der Waals surface area contributed by atoms with E-state index in [1.807, 2.05) is 24.3 Å². The van der Waals surface area contributed by atoms with Gasteiger partial charge in [0.05, 0.1) is 6.54 Å². The zero-order chi connectivity index (χ0) is 19.2. The van der Waals surface area contributed by atoms with E-state index in [0.29, 0.717) is 0 Å². The number of fused-ring (bicyclic) bond motifs is 3. The largest absolute Gasteiger partial charge is 0.480 e. The second-order valence-electron chi connectivity index (χ2n) is 6.18. The second kappa shape index (κ2) is 8.39. The number of ether oxygens (including phenoxy) is 1. The van der Waals surface area contributed by atoms with Crippen molar-refractivity contribution in [1.29, 1.82) is 0 Å². The molecular formula is C21H20N2O4. The zero-order valence-electron chi connectivity index (χ0n) is 14.6. The van der Waals surface area contributed by atoms with E-state index >= 15 is 0 Å². The molecule has 2 aromatic carbocycles. The van der Waals surface area contributed by atoms with Crippen LogP contribution < -0.4 is 11.1 Å². The molecule has 3 rings (SSSR count). The predicted molar refractivity (Wildman–Crippen MR) is 101 cm³/mol. The maximum atomic E-state index is 11.9. The van der Waals surface area contributed by atoms with Crippen molar-refractivity contribution in [1.82, 2.24) is 5.32 Å². The maximum absolute atomic E-state index is 11.9. The van der Waals surface area contributed by atoms with Crippen molar-refractivity contribution in [2.24, 2.45) is 5.73 Å². The molecule has 0 heterocycles. The molecule has 0 bridgehead atoms. The minimum atomic E-state index is -1.10. The summed E-state index contributed by atoms with van der Waals surface area (Å²) < 4.78 is 5.37. The van der Waals surface area contributed by atoms with Crippen molar-refractivity contribution in [3.8, 4) is 23.0 Å². The number of aliphatic carboxylic acids is 1. The molecular weight excluding hydrogens is 344 g/mol. The standard InChI is InChI=1S/C21H20N2O4/c22-19(20(24)25)11-5-6-12-23-21(26)27-13-18-16-9-3-1-7-14(16)15-8-2-4-10-17(15)18/h1-4,7-10,18-19H,11-13,22H2,(H,23,26)(H,24,25). The van der Waals surface area contributed by atoms with Crippen LogP contribution in [0, 0.1) is 11.8 Å². The number of carboxylic acids is 1. The van der Waals surface area contributed by atoms with Crippen LogP contribution in [-0.2, 0) is 9.53 Å². The van der Waals surface area contributed by atoms with Crippen molar-refractivity contribution >= 4 is 12.1 Å². The Morgan fingerprint density at radius 2 is 1.67 bits per heavy atom. The lowest BCUT2D eigenvalue weighted by Gasteiger charge is -2.14. The fraction of sp³-hybridized carbons (Fsp3) is 0.238. The molecule has 0 saturated heterocycles. The lowest BCUT2D eigenvalue weighted by Crippen LogP contribution is -2.29. The zero-order valence-corrected chi connectivity index (χ0v) is 14.6. The van der Waals surface area contributed by atoms with E-state index in [9.17, 15) is 9.59 Å². The average Bonchev–Trinajstić information content (AvgIpc) is 3.00. The molecule has 2 aromatic rings. The van der Waals surface area contributed by atoms with Crippen LogP contribution in [0.25, 0.3) is 11.1 Å². The van der Waals surface area contributed by atoms with Gasteiger partial charge in [-0.15, -0.1) is 0 Å². The Hall–Kier alpha value is -3.30. The van der Waals surface area contributed by atoms with Gasteiger partial charge in [-0.3, -0.25) is 4.79 Å². The van der Waals surface area contributed by atoms with E-state index in [1.165, 1.54) is 11.1 Å². The number of hydrogen-bond acceptors (Lipinski definition) is 4. The number of nitrogens with one attached hydrogen (secondary N) is 1. The summed E-state index contributed by atoms with van der Waals surface area (Å²) in [6, 6.07) is 15.2. The summed E-state index contributed by atoms with van der Waals surface area (Å²) in [5.41, 5.74) is 9.97. The van der Waals surface area contributed by atoms with Gasteiger partial charge in [-0.05, 0) is 22.3 Å². The quantitative estimate of drug-likeness (QED) is 0.707. The number of carbonyl (C=O) groups excluding carboxylic acids is 1. The lowest BCUT2D eigenvalue weighted by atomic mass is 9.98. The average molecular weight is 364 g/mol. The fourth-order valence-electron chi connectivity index (χ4n) is 3.10. The molecule has 0 radical (unpaired) electrons. The monoisotopic (exact) mass is 364 g/mol. The minimum absolute atomic E-state index is 0.00259. The van der Waals surface area contributed by atoms with Crippen LogP contribution in [-0.4, -0.2) is 36.4 Å². The number of carbonyl (C=O) groups is 2. The molecule has 1 aliphatic rings. The Morgan fingerprint density at radius 1 is 1.07 bits per heavy atom. The first-order valence-electron chi connectivity index (χ1n) is 8.61. The summed E-state index contributed by atoms with van der Waals surface area (Å²) in [5.74, 6) is 4.17.